The van der Waals surface area contributed by atoms with E-state index in [1.54, 1.807) is 0 Å². The van der Waals surface area contributed by atoms with E-state index in [4.69, 9.17) is 9.84 Å². The minimum absolute atomic E-state index is 0.0718. The number of unbranched alkanes of at least 4 members (excludes halogenated alkanes) is 2. The van der Waals surface area contributed by atoms with Gasteiger partial charge in [0.05, 0.1) is 6.61 Å². The van der Waals surface area contributed by atoms with Crippen molar-refractivity contribution in [3.8, 4) is 5.75 Å². The average molecular weight is 249 g/mol. The van der Waals surface area contributed by atoms with Gasteiger partial charge in [-0.25, -0.2) is 0 Å². The largest absolute Gasteiger partial charge is 0.494 e. The van der Waals surface area contributed by atoms with Crippen molar-refractivity contribution in [2.24, 2.45) is 0 Å². The van der Waals surface area contributed by atoms with Crippen LogP contribution in [0.15, 0.2) is 18.2 Å². The van der Waals surface area contributed by atoms with Crippen LogP contribution >= 0.6 is 0 Å². The number of anilines is 1. The second-order valence-corrected chi connectivity index (χ2v) is 4.50. The summed E-state index contributed by atoms with van der Waals surface area (Å²) in [6.07, 6.45) is 4.10. The molecule has 0 unspecified atom stereocenters. The predicted molar refractivity (Wildman–Crippen MR) is 69.8 cm³/mol. The van der Waals surface area contributed by atoms with Crippen LogP contribution in [0.5, 0.6) is 5.75 Å². The number of ether oxygens (including phenoxy) is 1. The quantitative estimate of drug-likeness (QED) is 0.759. The van der Waals surface area contributed by atoms with E-state index in [1.807, 2.05) is 18.2 Å². The summed E-state index contributed by atoms with van der Waals surface area (Å²) in [5.74, 6) is 0.863. The molecule has 2 N–H and O–H groups in total. The van der Waals surface area contributed by atoms with Gasteiger partial charge >= 0.3 is 0 Å². The SMILES string of the molecule is O=C1CCc2ccc(OCCCCCO)cc2N1. The molecule has 4 heteroatoms. The Bertz CT molecular complexity index is 418. The standard InChI is InChI=1S/C14H19NO3/c16-8-2-1-3-9-18-12-6-4-11-5-7-14(17)15-13(11)10-12/h4,6,10,16H,1-3,5,7-9H2,(H,15,17). The summed E-state index contributed by atoms with van der Waals surface area (Å²) in [7, 11) is 0. The molecule has 1 heterocycles. The van der Waals surface area contributed by atoms with Crippen molar-refractivity contribution >= 4 is 11.6 Å². The third kappa shape index (κ3) is 3.47. The van der Waals surface area contributed by atoms with Gasteiger partial charge in [0.15, 0.2) is 0 Å². The highest BCUT2D eigenvalue weighted by molar-refractivity contribution is 5.94. The molecule has 0 aromatic heterocycles. The molecule has 98 valence electrons. The minimum Gasteiger partial charge on any atom is -0.494 e. The van der Waals surface area contributed by atoms with Gasteiger partial charge in [-0.1, -0.05) is 6.07 Å². The maximum absolute atomic E-state index is 11.3. The molecule has 1 aromatic rings. The van der Waals surface area contributed by atoms with E-state index in [0.717, 1.165) is 37.1 Å². The van der Waals surface area contributed by atoms with Crippen LogP contribution in [0.2, 0.25) is 0 Å². The number of aliphatic hydroxyl groups excluding tert-OH is 1. The van der Waals surface area contributed by atoms with Crippen LogP contribution in [0.3, 0.4) is 0 Å². The lowest BCUT2D eigenvalue weighted by molar-refractivity contribution is -0.116. The van der Waals surface area contributed by atoms with E-state index < -0.39 is 0 Å². The molecule has 18 heavy (non-hydrogen) atoms. The third-order valence-corrected chi connectivity index (χ3v) is 3.05. The van der Waals surface area contributed by atoms with Crippen LogP contribution in [-0.4, -0.2) is 24.2 Å². The molecule has 2 rings (SSSR count). The summed E-state index contributed by atoms with van der Waals surface area (Å²) >= 11 is 0. The van der Waals surface area contributed by atoms with Crippen LogP contribution in [0.25, 0.3) is 0 Å². The Morgan fingerprint density at radius 3 is 2.94 bits per heavy atom. The average Bonchev–Trinajstić information content (AvgIpc) is 2.38. The predicted octanol–water partition coefficient (Wildman–Crippen LogP) is 2.11. The number of hydrogen-bond donors (Lipinski definition) is 2. The number of nitrogens with one attached hydrogen (secondary N) is 1. The summed E-state index contributed by atoms with van der Waals surface area (Å²) in [6.45, 7) is 0.887. The van der Waals surface area contributed by atoms with Gasteiger partial charge in [0.1, 0.15) is 5.75 Å². The Morgan fingerprint density at radius 2 is 2.11 bits per heavy atom. The number of fused-ring (bicyclic) bond motifs is 1. The molecule has 1 amide bonds. The number of amides is 1. The van der Waals surface area contributed by atoms with Crippen molar-refractivity contribution in [1.29, 1.82) is 0 Å². The van der Waals surface area contributed by atoms with Crippen LogP contribution in [0.4, 0.5) is 5.69 Å². The van der Waals surface area contributed by atoms with Crippen LogP contribution in [-0.2, 0) is 11.2 Å². The topological polar surface area (TPSA) is 58.6 Å². The van der Waals surface area contributed by atoms with E-state index in [-0.39, 0.29) is 12.5 Å². The number of aryl methyl sites for hydroxylation is 1. The molecular weight excluding hydrogens is 230 g/mol. The van der Waals surface area contributed by atoms with Crippen molar-refractivity contribution in [2.45, 2.75) is 32.1 Å². The fraction of sp³-hybridized carbons (Fsp3) is 0.500. The molecule has 1 aliphatic heterocycles. The summed E-state index contributed by atoms with van der Waals surface area (Å²) in [6, 6.07) is 5.85. The number of carbonyl (C=O) groups excluding carboxylic acids is 1. The molecule has 0 spiro atoms. The molecule has 0 bridgehead atoms. The second-order valence-electron chi connectivity index (χ2n) is 4.50. The van der Waals surface area contributed by atoms with E-state index in [1.165, 1.54) is 5.56 Å². The van der Waals surface area contributed by atoms with E-state index >= 15 is 0 Å². The summed E-state index contributed by atoms with van der Waals surface area (Å²) in [5.41, 5.74) is 2.04. The van der Waals surface area contributed by atoms with Gasteiger partial charge in [-0.2, -0.15) is 0 Å². The molecule has 0 radical (unpaired) electrons. The molecule has 1 aromatic carbocycles. The summed E-state index contributed by atoms with van der Waals surface area (Å²) in [4.78, 5) is 11.3. The lowest BCUT2D eigenvalue weighted by atomic mass is 10.0. The van der Waals surface area contributed by atoms with Crippen LogP contribution in [0, 0.1) is 0 Å². The molecule has 1 aliphatic rings. The monoisotopic (exact) mass is 249 g/mol. The van der Waals surface area contributed by atoms with E-state index in [9.17, 15) is 4.79 Å². The smallest absolute Gasteiger partial charge is 0.224 e. The molecule has 0 aliphatic carbocycles. The van der Waals surface area contributed by atoms with Gasteiger partial charge in [0, 0.05) is 24.8 Å². The molecule has 4 nitrogen and oxygen atoms in total. The highest BCUT2D eigenvalue weighted by atomic mass is 16.5. The van der Waals surface area contributed by atoms with Crippen molar-refractivity contribution in [1.82, 2.24) is 0 Å². The zero-order chi connectivity index (χ0) is 12.8. The third-order valence-electron chi connectivity index (χ3n) is 3.05. The normalized spacial score (nSPS) is 13.9. The summed E-state index contributed by atoms with van der Waals surface area (Å²) in [5, 5.41) is 11.5. The lowest BCUT2D eigenvalue weighted by Gasteiger charge is -2.17. The van der Waals surface area contributed by atoms with Crippen molar-refractivity contribution in [3.05, 3.63) is 23.8 Å². The molecule has 0 atom stereocenters. The summed E-state index contributed by atoms with van der Waals surface area (Å²) < 4.78 is 5.62. The minimum atomic E-state index is 0.0718. The number of aliphatic hydroxyl groups is 1. The van der Waals surface area contributed by atoms with Gasteiger partial charge < -0.3 is 15.2 Å². The van der Waals surface area contributed by atoms with E-state index in [2.05, 4.69) is 5.32 Å². The Hall–Kier alpha value is -1.55. The highest BCUT2D eigenvalue weighted by Gasteiger charge is 2.14. The maximum Gasteiger partial charge on any atom is 0.224 e. The number of benzene rings is 1. The zero-order valence-corrected chi connectivity index (χ0v) is 10.4. The van der Waals surface area contributed by atoms with Gasteiger partial charge in [-0.15, -0.1) is 0 Å². The molecule has 0 saturated carbocycles. The van der Waals surface area contributed by atoms with Crippen molar-refractivity contribution in [2.75, 3.05) is 18.5 Å². The molecule has 0 fully saturated rings. The Morgan fingerprint density at radius 1 is 1.22 bits per heavy atom. The number of rotatable bonds is 6. The number of carbonyl (C=O) groups is 1. The zero-order valence-electron chi connectivity index (χ0n) is 10.4. The highest BCUT2D eigenvalue weighted by Crippen LogP contribution is 2.27. The first-order chi connectivity index (χ1) is 8.79. The first-order valence-electron chi connectivity index (χ1n) is 6.46. The Kier molecular flexibility index (Phi) is 4.59. The number of hydrogen-bond acceptors (Lipinski definition) is 3. The fourth-order valence-electron chi connectivity index (χ4n) is 2.02. The lowest BCUT2D eigenvalue weighted by Crippen LogP contribution is -2.18. The first-order valence-corrected chi connectivity index (χ1v) is 6.46. The Labute approximate surface area is 107 Å². The van der Waals surface area contributed by atoms with Gasteiger partial charge in [-0.05, 0) is 37.3 Å². The van der Waals surface area contributed by atoms with E-state index in [0.29, 0.717) is 13.0 Å². The van der Waals surface area contributed by atoms with Gasteiger partial charge in [0.25, 0.3) is 0 Å². The van der Waals surface area contributed by atoms with Crippen LogP contribution < -0.4 is 10.1 Å². The second kappa shape index (κ2) is 6.40. The first kappa shape index (κ1) is 12.9. The van der Waals surface area contributed by atoms with Crippen LogP contribution in [0.1, 0.15) is 31.2 Å². The van der Waals surface area contributed by atoms with Gasteiger partial charge in [-0.3, -0.25) is 4.79 Å². The molecule has 0 saturated heterocycles. The Balaban J connectivity index is 1.86. The van der Waals surface area contributed by atoms with Crippen molar-refractivity contribution < 1.29 is 14.6 Å². The fourth-order valence-corrected chi connectivity index (χ4v) is 2.02. The maximum atomic E-state index is 11.3. The molecular formula is C14H19NO3. The van der Waals surface area contributed by atoms with Crippen molar-refractivity contribution in [3.63, 3.8) is 0 Å². The van der Waals surface area contributed by atoms with Gasteiger partial charge in [0.2, 0.25) is 5.91 Å².